The van der Waals surface area contributed by atoms with Crippen LogP contribution in [0.4, 0.5) is 5.69 Å². The number of hydrogen-bond donors (Lipinski definition) is 2. The zero-order chi connectivity index (χ0) is 14.5. The fourth-order valence-electron chi connectivity index (χ4n) is 2.58. The maximum absolute atomic E-state index is 12.0. The van der Waals surface area contributed by atoms with Crippen molar-refractivity contribution >= 4 is 11.6 Å². The zero-order valence-corrected chi connectivity index (χ0v) is 12.4. The van der Waals surface area contributed by atoms with Gasteiger partial charge < -0.3 is 11.1 Å². The number of nitrogens with zero attached hydrogens (tertiary/aromatic N) is 1. The van der Waals surface area contributed by atoms with Gasteiger partial charge >= 0.3 is 0 Å². The Morgan fingerprint density at radius 2 is 2.05 bits per heavy atom. The second kappa shape index (κ2) is 6.86. The average molecular weight is 275 g/mol. The Morgan fingerprint density at radius 3 is 2.55 bits per heavy atom. The molecule has 20 heavy (non-hydrogen) atoms. The van der Waals surface area contributed by atoms with Crippen molar-refractivity contribution in [2.75, 3.05) is 25.5 Å². The molecular formula is C16H25N3O. The van der Waals surface area contributed by atoms with Crippen LogP contribution in [0.25, 0.3) is 0 Å². The summed E-state index contributed by atoms with van der Waals surface area (Å²) in [7, 11) is 1.98. The van der Waals surface area contributed by atoms with Crippen molar-refractivity contribution in [3.05, 3.63) is 29.8 Å². The van der Waals surface area contributed by atoms with Crippen LogP contribution in [0, 0.1) is 5.92 Å². The zero-order valence-electron chi connectivity index (χ0n) is 12.4. The Hall–Kier alpha value is -1.39. The van der Waals surface area contributed by atoms with Crippen LogP contribution >= 0.6 is 0 Å². The Labute approximate surface area is 121 Å². The standard InChI is InChI=1S/C16H25N3O/c1-3-12-4-8-14(9-5-12)18-16(20)11-19(2)15(10-17)13-6-7-13/h4-5,8-9,13,15H,3,6-7,10-11,17H2,1-2H3,(H,18,20). The van der Waals surface area contributed by atoms with E-state index >= 15 is 0 Å². The van der Waals surface area contributed by atoms with Crippen LogP contribution in [-0.2, 0) is 11.2 Å². The number of carbonyl (C=O) groups is 1. The van der Waals surface area contributed by atoms with Crippen molar-refractivity contribution in [1.82, 2.24) is 4.90 Å². The summed E-state index contributed by atoms with van der Waals surface area (Å²) in [5.74, 6) is 0.706. The van der Waals surface area contributed by atoms with E-state index in [1.807, 2.05) is 31.3 Å². The van der Waals surface area contributed by atoms with Crippen molar-refractivity contribution in [2.24, 2.45) is 11.7 Å². The van der Waals surface area contributed by atoms with E-state index in [1.54, 1.807) is 0 Å². The highest BCUT2D eigenvalue weighted by Gasteiger charge is 2.33. The number of nitrogens with one attached hydrogen (secondary N) is 1. The van der Waals surface area contributed by atoms with Gasteiger partial charge in [-0.05, 0) is 49.9 Å². The molecule has 4 nitrogen and oxygen atoms in total. The molecule has 1 amide bonds. The monoisotopic (exact) mass is 275 g/mol. The van der Waals surface area contributed by atoms with Gasteiger partial charge in [0.15, 0.2) is 0 Å². The lowest BCUT2D eigenvalue weighted by atomic mass is 10.1. The highest BCUT2D eigenvalue weighted by molar-refractivity contribution is 5.92. The highest BCUT2D eigenvalue weighted by atomic mass is 16.2. The molecule has 0 aromatic heterocycles. The number of amides is 1. The average Bonchev–Trinajstić information content (AvgIpc) is 3.25. The predicted molar refractivity (Wildman–Crippen MR) is 82.6 cm³/mol. The SMILES string of the molecule is CCc1ccc(NC(=O)CN(C)C(CN)C2CC2)cc1. The van der Waals surface area contributed by atoms with Gasteiger partial charge in [-0.3, -0.25) is 9.69 Å². The molecule has 1 aliphatic rings. The van der Waals surface area contributed by atoms with Crippen LogP contribution < -0.4 is 11.1 Å². The quantitative estimate of drug-likeness (QED) is 0.798. The van der Waals surface area contributed by atoms with Crippen LogP contribution in [0.5, 0.6) is 0 Å². The molecule has 1 atom stereocenters. The highest BCUT2D eigenvalue weighted by Crippen LogP contribution is 2.34. The Morgan fingerprint density at radius 1 is 1.40 bits per heavy atom. The molecular weight excluding hydrogens is 250 g/mol. The lowest BCUT2D eigenvalue weighted by Gasteiger charge is -2.26. The molecule has 0 aliphatic heterocycles. The number of rotatable bonds is 7. The van der Waals surface area contributed by atoms with Gasteiger partial charge in [0.05, 0.1) is 6.54 Å². The van der Waals surface area contributed by atoms with Crippen LogP contribution in [0.2, 0.25) is 0 Å². The van der Waals surface area contributed by atoms with Crippen molar-refractivity contribution in [3.8, 4) is 0 Å². The molecule has 1 unspecified atom stereocenters. The smallest absolute Gasteiger partial charge is 0.238 e. The summed E-state index contributed by atoms with van der Waals surface area (Å²) in [4.78, 5) is 14.1. The predicted octanol–water partition coefficient (Wildman–Crippen LogP) is 1.86. The summed E-state index contributed by atoms with van der Waals surface area (Å²) < 4.78 is 0. The second-order valence-corrected chi connectivity index (χ2v) is 5.65. The van der Waals surface area contributed by atoms with Crippen LogP contribution in [0.15, 0.2) is 24.3 Å². The van der Waals surface area contributed by atoms with Gasteiger partial charge in [-0.2, -0.15) is 0 Å². The number of benzene rings is 1. The normalized spacial score (nSPS) is 16.2. The van der Waals surface area contributed by atoms with Crippen molar-refractivity contribution in [2.45, 2.75) is 32.2 Å². The first-order valence-corrected chi connectivity index (χ1v) is 7.43. The maximum Gasteiger partial charge on any atom is 0.238 e. The third-order valence-corrected chi connectivity index (χ3v) is 4.01. The molecule has 0 saturated heterocycles. The number of anilines is 1. The first-order chi connectivity index (χ1) is 9.63. The molecule has 0 bridgehead atoms. The minimum Gasteiger partial charge on any atom is -0.329 e. The van der Waals surface area contributed by atoms with Crippen molar-refractivity contribution in [3.63, 3.8) is 0 Å². The molecule has 1 saturated carbocycles. The molecule has 1 fully saturated rings. The van der Waals surface area contributed by atoms with E-state index < -0.39 is 0 Å². The topological polar surface area (TPSA) is 58.4 Å². The van der Waals surface area contributed by atoms with Gasteiger partial charge in [-0.25, -0.2) is 0 Å². The number of aryl methyl sites for hydroxylation is 1. The van der Waals surface area contributed by atoms with E-state index in [4.69, 9.17) is 5.73 Å². The molecule has 2 rings (SSSR count). The summed E-state index contributed by atoms with van der Waals surface area (Å²) >= 11 is 0. The van der Waals surface area contributed by atoms with E-state index in [-0.39, 0.29) is 5.91 Å². The largest absolute Gasteiger partial charge is 0.329 e. The van der Waals surface area contributed by atoms with Crippen molar-refractivity contribution < 1.29 is 4.79 Å². The number of carbonyl (C=O) groups excluding carboxylic acids is 1. The first-order valence-electron chi connectivity index (χ1n) is 7.43. The summed E-state index contributed by atoms with van der Waals surface area (Å²) in [5.41, 5.74) is 7.93. The Kier molecular flexibility index (Phi) is 5.15. The van der Waals surface area contributed by atoms with Crippen LogP contribution in [-0.4, -0.2) is 37.0 Å². The summed E-state index contributed by atoms with van der Waals surface area (Å²) in [6, 6.07) is 8.34. The minimum absolute atomic E-state index is 0.0239. The summed E-state index contributed by atoms with van der Waals surface area (Å²) in [6.07, 6.45) is 3.50. The lowest BCUT2D eigenvalue weighted by Crippen LogP contribution is -2.43. The van der Waals surface area contributed by atoms with Crippen LogP contribution in [0.1, 0.15) is 25.3 Å². The number of nitrogens with two attached hydrogens (primary N) is 1. The third-order valence-electron chi connectivity index (χ3n) is 4.01. The van der Waals surface area contributed by atoms with E-state index in [0.717, 1.165) is 12.1 Å². The molecule has 110 valence electrons. The Balaban J connectivity index is 1.84. The first kappa shape index (κ1) is 15.0. The number of likely N-dealkylation sites (N-methyl/N-ethyl adjacent to an activating group) is 1. The van der Waals surface area contributed by atoms with Gasteiger partial charge in [-0.15, -0.1) is 0 Å². The fraction of sp³-hybridized carbons (Fsp3) is 0.562. The van der Waals surface area contributed by atoms with Gasteiger partial charge in [0.25, 0.3) is 0 Å². The maximum atomic E-state index is 12.0. The molecule has 4 heteroatoms. The van der Waals surface area contributed by atoms with Crippen LogP contribution in [0.3, 0.4) is 0 Å². The van der Waals surface area contributed by atoms with E-state index in [2.05, 4.69) is 17.1 Å². The molecule has 1 aromatic rings. The molecule has 3 N–H and O–H groups in total. The molecule has 1 aliphatic carbocycles. The molecule has 1 aromatic carbocycles. The van der Waals surface area contributed by atoms with E-state index in [1.165, 1.54) is 18.4 Å². The molecule has 0 spiro atoms. The van der Waals surface area contributed by atoms with Gasteiger partial charge in [0.2, 0.25) is 5.91 Å². The molecule has 0 radical (unpaired) electrons. The Bertz CT molecular complexity index is 440. The molecule has 0 heterocycles. The van der Waals surface area contributed by atoms with E-state index in [0.29, 0.717) is 25.0 Å². The van der Waals surface area contributed by atoms with Crippen molar-refractivity contribution in [1.29, 1.82) is 0 Å². The summed E-state index contributed by atoms with van der Waals surface area (Å²) in [6.45, 7) is 3.14. The van der Waals surface area contributed by atoms with E-state index in [9.17, 15) is 4.79 Å². The van der Waals surface area contributed by atoms with Gasteiger partial charge in [-0.1, -0.05) is 19.1 Å². The lowest BCUT2D eigenvalue weighted by molar-refractivity contribution is -0.117. The third kappa shape index (κ3) is 4.05. The van der Waals surface area contributed by atoms with Gasteiger partial charge in [0.1, 0.15) is 0 Å². The second-order valence-electron chi connectivity index (χ2n) is 5.65. The minimum atomic E-state index is 0.0239. The van der Waals surface area contributed by atoms with Gasteiger partial charge in [0, 0.05) is 18.3 Å². The summed E-state index contributed by atoms with van der Waals surface area (Å²) in [5, 5.41) is 2.94. The fourth-order valence-corrected chi connectivity index (χ4v) is 2.58. The number of hydrogen-bond acceptors (Lipinski definition) is 3.